The van der Waals surface area contributed by atoms with Crippen molar-refractivity contribution >= 4 is 70.1 Å². The van der Waals surface area contributed by atoms with Crippen molar-refractivity contribution < 1.29 is 19.1 Å². The van der Waals surface area contributed by atoms with Gasteiger partial charge in [-0.05, 0) is 79.6 Å². The Morgan fingerprint density at radius 1 is 0.860 bits per heavy atom. The smallest absolute Gasteiger partial charge is 0.272 e. The highest BCUT2D eigenvalue weighted by Gasteiger charge is 2.19. The minimum absolute atomic E-state index is 0.0264. The molecule has 4 aromatic rings. The van der Waals surface area contributed by atoms with Crippen molar-refractivity contribution in [3.05, 3.63) is 123 Å². The van der Waals surface area contributed by atoms with Gasteiger partial charge >= 0.3 is 0 Å². The third kappa shape index (κ3) is 8.64. The standard InChI is InChI=1S/C33H29Cl2N3O4S/c1-20-17-28(30(42-3)19-27(20)35)37-31(39)21(2)43-25-15-13-24(14-16-25)36-33(41)29(18-23-11-7-8-12-26(23)34)38-32(40)22-9-5-4-6-10-22/h4-19,21H,1-3H3,(H,36,41)(H,37,39)(H,38,40)/b29-18-. The average molecular weight is 635 g/mol. The van der Waals surface area contributed by atoms with Crippen LogP contribution in [-0.4, -0.2) is 30.1 Å². The average Bonchev–Trinajstić information content (AvgIpc) is 3.00. The van der Waals surface area contributed by atoms with Crippen LogP contribution in [0.1, 0.15) is 28.4 Å². The van der Waals surface area contributed by atoms with Crippen LogP contribution in [0.25, 0.3) is 6.08 Å². The van der Waals surface area contributed by atoms with Crippen LogP contribution >= 0.6 is 35.0 Å². The lowest BCUT2D eigenvalue weighted by Crippen LogP contribution is -2.30. The number of benzene rings is 4. The van der Waals surface area contributed by atoms with E-state index in [1.165, 1.54) is 24.9 Å². The molecule has 10 heteroatoms. The van der Waals surface area contributed by atoms with E-state index in [0.717, 1.165) is 10.5 Å². The van der Waals surface area contributed by atoms with Gasteiger partial charge < -0.3 is 20.7 Å². The van der Waals surface area contributed by atoms with Crippen molar-refractivity contribution in [3.63, 3.8) is 0 Å². The Labute approximate surface area is 264 Å². The number of carbonyl (C=O) groups is 3. The predicted molar refractivity (Wildman–Crippen MR) is 175 cm³/mol. The van der Waals surface area contributed by atoms with E-state index in [-0.39, 0.29) is 11.6 Å². The van der Waals surface area contributed by atoms with E-state index in [1.807, 2.05) is 6.92 Å². The molecule has 0 saturated heterocycles. The molecule has 0 radical (unpaired) electrons. The molecule has 1 atom stereocenters. The summed E-state index contributed by atoms with van der Waals surface area (Å²) < 4.78 is 5.35. The van der Waals surface area contributed by atoms with Gasteiger partial charge in [0.25, 0.3) is 11.8 Å². The first-order chi connectivity index (χ1) is 20.6. The van der Waals surface area contributed by atoms with Gasteiger partial charge in [0.2, 0.25) is 5.91 Å². The summed E-state index contributed by atoms with van der Waals surface area (Å²) in [5, 5.41) is 8.97. The number of hydrogen-bond acceptors (Lipinski definition) is 5. The number of methoxy groups -OCH3 is 1. The summed E-state index contributed by atoms with van der Waals surface area (Å²) in [6, 6.07) is 26.1. The number of halogens is 2. The lowest BCUT2D eigenvalue weighted by Gasteiger charge is -2.16. The number of nitrogens with one attached hydrogen (secondary N) is 3. The summed E-state index contributed by atoms with van der Waals surface area (Å²) >= 11 is 13.8. The molecule has 3 amide bonds. The molecule has 0 aromatic heterocycles. The third-order valence-corrected chi connectivity index (χ3v) is 8.13. The van der Waals surface area contributed by atoms with Gasteiger partial charge in [0.15, 0.2) is 0 Å². The normalized spacial score (nSPS) is 11.8. The molecule has 0 heterocycles. The van der Waals surface area contributed by atoms with Crippen molar-refractivity contribution in [1.82, 2.24) is 5.32 Å². The Hall–Kier alpha value is -4.24. The maximum absolute atomic E-state index is 13.3. The zero-order valence-electron chi connectivity index (χ0n) is 23.6. The second kappa shape index (κ2) is 14.8. The highest BCUT2D eigenvalue weighted by atomic mass is 35.5. The van der Waals surface area contributed by atoms with Crippen LogP contribution in [0.2, 0.25) is 10.0 Å². The van der Waals surface area contributed by atoms with Crippen LogP contribution in [0.4, 0.5) is 11.4 Å². The van der Waals surface area contributed by atoms with Gasteiger partial charge in [0.05, 0.1) is 18.0 Å². The number of rotatable bonds is 10. The second-order valence-electron chi connectivity index (χ2n) is 9.43. The van der Waals surface area contributed by atoms with E-state index in [4.69, 9.17) is 27.9 Å². The Balaban J connectivity index is 1.44. The van der Waals surface area contributed by atoms with E-state index in [2.05, 4.69) is 16.0 Å². The first kappa shape index (κ1) is 31.7. The molecule has 0 aliphatic heterocycles. The number of carbonyl (C=O) groups excluding carboxylic acids is 3. The Kier molecular flexibility index (Phi) is 10.9. The van der Waals surface area contributed by atoms with Gasteiger partial charge in [-0.3, -0.25) is 14.4 Å². The van der Waals surface area contributed by atoms with Gasteiger partial charge in [-0.25, -0.2) is 0 Å². The van der Waals surface area contributed by atoms with Crippen molar-refractivity contribution in [2.75, 3.05) is 17.7 Å². The summed E-state index contributed by atoms with van der Waals surface area (Å²) in [5.74, 6) is -0.681. The second-order valence-corrected chi connectivity index (χ2v) is 11.7. The van der Waals surface area contributed by atoms with Crippen LogP contribution in [0.15, 0.2) is 102 Å². The zero-order valence-corrected chi connectivity index (χ0v) is 25.9. The Bertz CT molecular complexity index is 1660. The number of aryl methyl sites for hydroxylation is 1. The number of hydrogen-bond donors (Lipinski definition) is 3. The molecule has 3 N–H and O–H groups in total. The quantitative estimate of drug-likeness (QED) is 0.122. The molecular weight excluding hydrogens is 605 g/mol. The monoisotopic (exact) mass is 633 g/mol. The number of thioether (sulfide) groups is 1. The molecule has 0 bridgehead atoms. The Morgan fingerprint density at radius 2 is 1.53 bits per heavy atom. The zero-order chi connectivity index (χ0) is 30.9. The number of ether oxygens (including phenoxy) is 1. The third-order valence-electron chi connectivity index (χ3n) is 6.27. The van der Waals surface area contributed by atoms with Gasteiger partial charge in [0, 0.05) is 32.3 Å². The molecule has 0 saturated carbocycles. The number of anilines is 2. The van der Waals surface area contributed by atoms with Gasteiger partial charge in [-0.2, -0.15) is 0 Å². The van der Waals surface area contributed by atoms with Crippen LogP contribution in [-0.2, 0) is 9.59 Å². The summed E-state index contributed by atoms with van der Waals surface area (Å²) in [7, 11) is 1.52. The van der Waals surface area contributed by atoms with Crippen molar-refractivity contribution in [3.8, 4) is 5.75 Å². The molecule has 43 heavy (non-hydrogen) atoms. The SMILES string of the molecule is COc1cc(Cl)c(C)cc1NC(=O)C(C)Sc1ccc(NC(=O)/C(=C/c2ccccc2Cl)NC(=O)c2ccccc2)cc1. The molecule has 0 spiro atoms. The first-order valence-electron chi connectivity index (χ1n) is 13.2. The highest BCUT2D eigenvalue weighted by molar-refractivity contribution is 8.00. The fraction of sp³-hybridized carbons (Fsp3) is 0.121. The summed E-state index contributed by atoms with van der Waals surface area (Å²) in [6.07, 6.45) is 1.53. The molecule has 4 aromatic carbocycles. The van der Waals surface area contributed by atoms with Crippen molar-refractivity contribution in [2.24, 2.45) is 0 Å². The molecule has 220 valence electrons. The van der Waals surface area contributed by atoms with E-state index in [1.54, 1.807) is 97.9 Å². The molecule has 7 nitrogen and oxygen atoms in total. The van der Waals surface area contributed by atoms with Crippen LogP contribution in [0.3, 0.4) is 0 Å². The van der Waals surface area contributed by atoms with E-state index < -0.39 is 17.1 Å². The fourth-order valence-corrected chi connectivity index (χ4v) is 5.14. The van der Waals surface area contributed by atoms with Crippen LogP contribution < -0.4 is 20.7 Å². The molecule has 1 unspecified atom stereocenters. The fourth-order valence-electron chi connectivity index (χ4n) is 3.93. The van der Waals surface area contributed by atoms with Crippen LogP contribution in [0, 0.1) is 6.92 Å². The maximum atomic E-state index is 13.3. The first-order valence-corrected chi connectivity index (χ1v) is 14.8. The summed E-state index contributed by atoms with van der Waals surface area (Å²) in [6.45, 7) is 3.65. The maximum Gasteiger partial charge on any atom is 0.272 e. The lowest BCUT2D eigenvalue weighted by molar-refractivity contribution is -0.115. The molecule has 0 fully saturated rings. The van der Waals surface area contributed by atoms with E-state index in [0.29, 0.717) is 38.3 Å². The molecule has 0 aliphatic carbocycles. The van der Waals surface area contributed by atoms with Gasteiger partial charge in [0.1, 0.15) is 11.4 Å². The minimum atomic E-state index is -0.524. The van der Waals surface area contributed by atoms with E-state index >= 15 is 0 Å². The van der Waals surface area contributed by atoms with Gasteiger partial charge in [-0.1, -0.05) is 59.6 Å². The highest BCUT2D eigenvalue weighted by Crippen LogP contribution is 2.32. The lowest BCUT2D eigenvalue weighted by atomic mass is 10.1. The summed E-state index contributed by atoms with van der Waals surface area (Å²) in [5.41, 5.74) is 2.88. The largest absolute Gasteiger partial charge is 0.495 e. The predicted octanol–water partition coefficient (Wildman–Crippen LogP) is 7.84. The molecule has 4 rings (SSSR count). The molecular formula is C33H29Cl2N3O4S. The van der Waals surface area contributed by atoms with E-state index in [9.17, 15) is 14.4 Å². The Morgan fingerprint density at radius 3 is 2.21 bits per heavy atom. The molecule has 0 aliphatic rings. The summed E-state index contributed by atoms with van der Waals surface area (Å²) in [4.78, 5) is 39.9. The number of amides is 3. The van der Waals surface area contributed by atoms with Crippen LogP contribution in [0.5, 0.6) is 5.75 Å². The van der Waals surface area contributed by atoms with Gasteiger partial charge in [-0.15, -0.1) is 11.8 Å². The van der Waals surface area contributed by atoms with Crippen molar-refractivity contribution in [2.45, 2.75) is 24.0 Å². The minimum Gasteiger partial charge on any atom is -0.495 e. The van der Waals surface area contributed by atoms with Crippen molar-refractivity contribution in [1.29, 1.82) is 0 Å². The topological polar surface area (TPSA) is 96.5 Å².